The third kappa shape index (κ3) is 4.63. The van der Waals surface area contributed by atoms with Gasteiger partial charge in [-0.25, -0.2) is 0 Å². The monoisotopic (exact) mass is 399 g/mol. The minimum atomic E-state index is -0.0181. The van der Waals surface area contributed by atoms with Gasteiger partial charge in [-0.1, -0.05) is 73.7 Å². The summed E-state index contributed by atoms with van der Waals surface area (Å²) in [6.45, 7) is 2.17. The molecule has 4 rings (SSSR count). The van der Waals surface area contributed by atoms with E-state index in [1.165, 1.54) is 10.8 Å². The molecular weight excluding hydrogens is 374 g/mol. The number of hydrogen-bond donors (Lipinski definition) is 1. The van der Waals surface area contributed by atoms with Crippen LogP contribution in [0.3, 0.4) is 0 Å². The van der Waals surface area contributed by atoms with Crippen LogP contribution in [0.2, 0.25) is 0 Å². The highest BCUT2D eigenvalue weighted by Gasteiger charge is 2.16. The first-order valence-corrected chi connectivity index (χ1v) is 11.3. The highest BCUT2D eigenvalue weighted by Crippen LogP contribution is 2.25. The van der Waals surface area contributed by atoms with E-state index in [1.54, 1.807) is 0 Å². The number of thioether (sulfide) groups is 1. The van der Waals surface area contributed by atoms with Crippen LogP contribution in [-0.4, -0.2) is 17.4 Å². The van der Waals surface area contributed by atoms with Crippen molar-refractivity contribution in [1.82, 2.24) is 5.32 Å². The zero-order chi connectivity index (χ0) is 20.1. The second-order valence-corrected chi connectivity index (χ2v) is 8.57. The summed E-state index contributed by atoms with van der Waals surface area (Å²) in [4.78, 5) is 13.1. The van der Waals surface area contributed by atoms with E-state index in [2.05, 4.69) is 60.8 Å². The van der Waals surface area contributed by atoms with E-state index < -0.39 is 0 Å². The molecule has 0 aliphatic rings. The summed E-state index contributed by atoms with van der Waals surface area (Å²) >= 11 is 1.91. The predicted octanol–water partition coefficient (Wildman–Crippen LogP) is 6.61. The lowest BCUT2D eigenvalue weighted by Crippen LogP contribution is -2.29. The summed E-state index contributed by atoms with van der Waals surface area (Å²) in [5.41, 5.74) is 1.87. The average molecular weight is 400 g/mol. The maximum absolute atomic E-state index is 13.1. The summed E-state index contributed by atoms with van der Waals surface area (Å²) < 4.78 is 0. The van der Waals surface area contributed by atoms with Gasteiger partial charge in [0, 0.05) is 5.56 Å². The van der Waals surface area contributed by atoms with Crippen molar-refractivity contribution in [2.45, 2.75) is 19.4 Å². The molecule has 0 unspecified atom stereocenters. The molecule has 4 aromatic rings. The first kappa shape index (κ1) is 19.5. The molecule has 1 atom stereocenters. The Morgan fingerprint density at radius 2 is 1.45 bits per heavy atom. The number of nitrogens with one attached hydrogen (secondary N) is 1. The average Bonchev–Trinajstić information content (AvgIpc) is 2.77. The quantitative estimate of drug-likeness (QED) is 0.354. The Bertz CT molecular complexity index is 1140. The fourth-order valence-corrected chi connectivity index (χ4v) is 4.36. The van der Waals surface area contributed by atoms with Crippen LogP contribution in [0.4, 0.5) is 0 Å². The fourth-order valence-electron chi connectivity index (χ4n) is 3.66. The molecule has 0 bridgehead atoms. The van der Waals surface area contributed by atoms with Crippen molar-refractivity contribution in [2.24, 2.45) is 0 Å². The number of hydrogen-bond acceptors (Lipinski definition) is 2. The SMILES string of the molecule is CCSCC[C@H](NC(=O)c1ccc2ccccc2c1)c1ccc2ccccc2c1. The van der Waals surface area contributed by atoms with Crippen LogP contribution >= 0.6 is 11.8 Å². The largest absolute Gasteiger partial charge is 0.345 e. The molecule has 0 heterocycles. The van der Waals surface area contributed by atoms with Crippen LogP contribution in [0, 0.1) is 0 Å². The van der Waals surface area contributed by atoms with Crippen LogP contribution in [0.25, 0.3) is 21.5 Å². The summed E-state index contributed by atoms with van der Waals surface area (Å²) in [6.07, 6.45) is 0.913. The van der Waals surface area contributed by atoms with Gasteiger partial charge in [0.25, 0.3) is 5.91 Å². The highest BCUT2D eigenvalue weighted by atomic mass is 32.2. The lowest BCUT2D eigenvalue weighted by Gasteiger charge is -2.20. The lowest BCUT2D eigenvalue weighted by atomic mass is 9.99. The molecule has 0 aliphatic carbocycles. The van der Waals surface area contributed by atoms with Gasteiger partial charge >= 0.3 is 0 Å². The normalized spacial score (nSPS) is 12.2. The van der Waals surface area contributed by atoms with Gasteiger partial charge in [-0.2, -0.15) is 11.8 Å². The Morgan fingerprint density at radius 1 is 0.828 bits per heavy atom. The molecule has 29 heavy (non-hydrogen) atoms. The van der Waals surface area contributed by atoms with Crippen LogP contribution in [0.1, 0.15) is 35.3 Å². The third-order valence-electron chi connectivity index (χ3n) is 5.25. The van der Waals surface area contributed by atoms with E-state index in [0.717, 1.165) is 34.3 Å². The number of rotatable bonds is 7. The van der Waals surface area contributed by atoms with Gasteiger partial charge in [0.1, 0.15) is 0 Å². The van der Waals surface area contributed by atoms with Crippen molar-refractivity contribution >= 4 is 39.2 Å². The molecule has 0 fully saturated rings. The number of carbonyl (C=O) groups excluding carboxylic acids is 1. The van der Waals surface area contributed by atoms with Gasteiger partial charge in [0.05, 0.1) is 6.04 Å². The standard InChI is InChI=1S/C26H25NOS/c1-2-29-16-15-25(23-13-11-19-7-3-5-9-21(19)17-23)27-26(28)24-14-12-20-8-4-6-10-22(20)18-24/h3-14,17-18,25H,2,15-16H2,1H3,(H,27,28)/t25-/m0/s1. The van der Waals surface area contributed by atoms with Gasteiger partial charge in [-0.15, -0.1) is 0 Å². The topological polar surface area (TPSA) is 29.1 Å². The van der Waals surface area contributed by atoms with Crippen LogP contribution in [0.15, 0.2) is 84.9 Å². The maximum Gasteiger partial charge on any atom is 0.251 e. The Labute approximate surface area is 176 Å². The molecule has 0 aromatic heterocycles. The van der Waals surface area contributed by atoms with Crippen LogP contribution < -0.4 is 5.32 Å². The van der Waals surface area contributed by atoms with Gasteiger partial charge in [0.15, 0.2) is 0 Å². The van der Waals surface area contributed by atoms with Crippen molar-refractivity contribution in [3.63, 3.8) is 0 Å². The third-order valence-corrected chi connectivity index (χ3v) is 6.18. The van der Waals surface area contributed by atoms with Crippen LogP contribution in [0.5, 0.6) is 0 Å². The Hall–Kier alpha value is -2.78. The lowest BCUT2D eigenvalue weighted by molar-refractivity contribution is 0.0936. The van der Waals surface area contributed by atoms with E-state index in [9.17, 15) is 4.79 Å². The van der Waals surface area contributed by atoms with Crippen molar-refractivity contribution in [3.8, 4) is 0 Å². The number of amides is 1. The minimum Gasteiger partial charge on any atom is -0.345 e. The smallest absolute Gasteiger partial charge is 0.251 e. The van der Waals surface area contributed by atoms with Gasteiger partial charge in [0.2, 0.25) is 0 Å². The number of carbonyl (C=O) groups is 1. The summed E-state index contributed by atoms with van der Waals surface area (Å²) in [5, 5.41) is 7.95. The Balaban J connectivity index is 1.60. The molecule has 0 saturated carbocycles. The van der Waals surface area contributed by atoms with Crippen molar-refractivity contribution in [3.05, 3.63) is 96.1 Å². The van der Waals surface area contributed by atoms with E-state index in [1.807, 2.05) is 48.2 Å². The van der Waals surface area contributed by atoms with E-state index in [0.29, 0.717) is 5.56 Å². The van der Waals surface area contributed by atoms with Crippen molar-refractivity contribution in [1.29, 1.82) is 0 Å². The van der Waals surface area contributed by atoms with Crippen LogP contribution in [-0.2, 0) is 0 Å². The summed E-state index contributed by atoms with van der Waals surface area (Å²) in [6, 6.07) is 28.9. The maximum atomic E-state index is 13.1. The number of fused-ring (bicyclic) bond motifs is 2. The molecule has 146 valence electrons. The zero-order valence-electron chi connectivity index (χ0n) is 16.6. The fraction of sp³-hybridized carbons (Fsp3) is 0.192. The predicted molar refractivity (Wildman–Crippen MR) is 126 cm³/mol. The summed E-state index contributed by atoms with van der Waals surface area (Å²) in [7, 11) is 0. The zero-order valence-corrected chi connectivity index (χ0v) is 17.4. The Morgan fingerprint density at radius 3 is 2.14 bits per heavy atom. The van der Waals surface area contributed by atoms with E-state index in [-0.39, 0.29) is 11.9 Å². The first-order valence-electron chi connectivity index (χ1n) is 10.1. The number of benzene rings is 4. The van der Waals surface area contributed by atoms with E-state index in [4.69, 9.17) is 0 Å². The first-order chi connectivity index (χ1) is 14.2. The van der Waals surface area contributed by atoms with Gasteiger partial charge in [-0.05, 0) is 63.2 Å². The molecule has 0 aliphatic heterocycles. The minimum absolute atomic E-state index is 0.00220. The van der Waals surface area contributed by atoms with Gasteiger partial charge in [-0.3, -0.25) is 4.79 Å². The van der Waals surface area contributed by atoms with E-state index >= 15 is 0 Å². The molecule has 4 aromatic carbocycles. The highest BCUT2D eigenvalue weighted by molar-refractivity contribution is 7.99. The molecule has 0 radical (unpaired) electrons. The second-order valence-electron chi connectivity index (χ2n) is 7.18. The van der Waals surface area contributed by atoms with Gasteiger partial charge < -0.3 is 5.32 Å². The molecule has 1 N–H and O–H groups in total. The van der Waals surface area contributed by atoms with Crippen molar-refractivity contribution < 1.29 is 4.79 Å². The van der Waals surface area contributed by atoms with Crippen molar-refractivity contribution in [2.75, 3.05) is 11.5 Å². The summed E-state index contributed by atoms with van der Waals surface area (Å²) in [5.74, 6) is 2.09. The molecular formula is C26H25NOS. The molecule has 2 nitrogen and oxygen atoms in total. The Kier molecular flexibility index (Phi) is 6.16. The second kappa shape index (κ2) is 9.15. The molecule has 0 spiro atoms. The molecule has 1 amide bonds. The molecule has 3 heteroatoms. The molecule has 0 saturated heterocycles.